The van der Waals surface area contributed by atoms with E-state index in [4.69, 9.17) is 17.3 Å². The van der Waals surface area contributed by atoms with Crippen LogP contribution < -0.4 is 11.1 Å². The highest BCUT2D eigenvalue weighted by molar-refractivity contribution is 6.31. The Hall–Kier alpha value is -1.66. The number of nitro groups is 1. The Morgan fingerprint density at radius 1 is 1.35 bits per heavy atom. The minimum atomic E-state index is -0.939. The normalized spacial score (nSPS) is 17.5. The molecule has 1 aromatic carbocycles. The van der Waals surface area contributed by atoms with Crippen LogP contribution in [0.2, 0.25) is 5.02 Å². The monoisotopic (exact) mass is 297 g/mol. The maximum atomic E-state index is 12.3. The van der Waals surface area contributed by atoms with E-state index < -0.39 is 10.5 Å². The summed E-state index contributed by atoms with van der Waals surface area (Å²) in [5, 5.41) is 13.8. The summed E-state index contributed by atoms with van der Waals surface area (Å²) in [5.74, 6) is -0.373. The van der Waals surface area contributed by atoms with E-state index in [1.807, 2.05) is 0 Å². The van der Waals surface area contributed by atoms with Crippen LogP contribution in [0.1, 0.15) is 32.1 Å². The van der Waals surface area contributed by atoms with Crippen molar-refractivity contribution in [1.82, 2.24) is 0 Å². The van der Waals surface area contributed by atoms with Crippen LogP contribution >= 0.6 is 11.6 Å². The number of hydrogen-bond donors (Lipinski definition) is 2. The fraction of sp³-hybridized carbons (Fsp3) is 0.462. The average molecular weight is 298 g/mol. The Labute approximate surface area is 121 Å². The first-order valence-corrected chi connectivity index (χ1v) is 6.84. The van der Waals surface area contributed by atoms with Crippen LogP contribution in [-0.2, 0) is 4.79 Å². The van der Waals surface area contributed by atoms with Gasteiger partial charge in [-0.3, -0.25) is 14.9 Å². The maximum Gasteiger partial charge on any atom is 0.294 e. The largest absolute Gasteiger partial charge is 0.319 e. The molecule has 0 atom stereocenters. The van der Waals surface area contributed by atoms with Crippen LogP contribution in [-0.4, -0.2) is 16.4 Å². The molecule has 0 aliphatic heterocycles. The zero-order valence-corrected chi connectivity index (χ0v) is 11.7. The lowest BCUT2D eigenvalue weighted by molar-refractivity contribution is -0.383. The van der Waals surface area contributed by atoms with Gasteiger partial charge in [0.1, 0.15) is 5.69 Å². The molecule has 0 heterocycles. The van der Waals surface area contributed by atoms with Crippen LogP contribution in [0, 0.1) is 10.1 Å². The lowest BCUT2D eigenvalue weighted by Crippen LogP contribution is -2.52. The fourth-order valence-electron chi connectivity index (χ4n) is 2.42. The summed E-state index contributed by atoms with van der Waals surface area (Å²) in [7, 11) is 0. The van der Waals surface area contributed by atoms with Gasteiger partial charge in [-0.25, -0.2) is 0 Å². The number of carbonyl (C=O) groups excluding carboxylic acids is 1. The smallest absolute Gasteiger partial charge is 0.294 e. The fourth-order valence-corrected chi connectivity index (χ4v) is 2.58. The third-order valence-electron chi connectivity index (χ3n) is 3.60. The second-order valence-electron chi connectivity index (χ2n) is 5.09. The van der Waals surface area contributed by atoms with E-state index in [0.29, 0.717) is 12.8 Å². The first kappa shape index (κ1) is 14.7. The predicted molar refractivity (Wildman–Crippen MR) is 76.7 cm³/mol. The van der Waals surface area contributed by atoms with Gasteiger partial charge < -0.3 is 11.1 Å². The number of amides is 1. The van der Waals surface area contributed by atoms with Crippen molar-refractivity contribution in [2.45, 2.75) is 37.6 Å². The van der Waals surface area contributed by atoms with E-state index in [1.165, 1.54) is 18.2 Å². The zero-order valence-electron chi connectivity index (χ0n) is 10.9. The molecule has 1 aliphatic carbocycles. The highest BCUT2D eigenvalue weighted by atomic mass is 35.5. The molecular formula is C13H16ClN3O3. The van der Waals surface area contributed by atoms with Gasteiger partial charge in [-0.1, -0.05) is 30.9 Å². The molecular weight excluding hydrogens is 282 g/mol. The van der Waals surface area contributed by atoms with Gasteiger partial charge in [0, 0.05) is 11.1 Å². The third-order valence-corrected chi connectivity index (χ3v) is 3.84. The van der Waals surface area contributed by atoms with Gasteiger partial charge in [0.2, 0.25) is 5.91 Å². The standard InChI is InChI=1S/C13H16ClN3O3/c14-9-4-5-10(11(8-9)17(19)20)16-12(18)13(15)6-2-1-3-7-13/h4-5,8H,1-3,6-7,15H2,(H,16,18). The summed E-state index contributed by atoms with van der Waals surface area (Å²) in [6.07, 6.45) is 4.05. The Morgan fingerprint density at radius 2 is 2.00 bits per heavy atom. The van der Waals surface area contributed by atoms with E-state index in [2.05, 4.69) is 5.32 Å². The number of rotatable bonds is 3. The van der Waals surface area contributed by atoms with Crippen molar-refractivity contribution < 1.29 is 9.72 Å². The minimum Gasteiger partial charge on any atom is -0.319 e. The van der Waals surface area contributed by atoms with E-state index in [9.17, 15) is 14.9 Å². The molecule has 0 aromatic heterocycles. The molecule has 0 unspecified atom stereocenters. The molecule has 1 fully saturated rings. The number of carbonyl (C=O) groups is 1. The predicted octanol–water partition coefficient (Wildman–Crippen LogP) is 2.85. The number of halogens is 1. The molecule has 1 amide bonds. The minimum absolute atomic E-state index is 0.125. The van der Waals surface area contributed by atoms with E-state index >= 15 is 0 Å². The molecule has 1 aromatic rings. The molecule has 1 saturated carbocycles. The molecule has 1 aliphatic rings. The highest BCUT2D eigenvalue weighted by Crippen LogP contribution is 2.31. The van der Waals surface area contributed by atoms with E-state index in [0.717, 1.165) is 19.3 Å². The van der Waals surface area contributed by atoms with Crippen molar-refractivity contribution >= 4 is 28.9 Å². The number of anilines is 1. The van der Waals surface area contributed by atoms with Gasteiger partial charge in [0.05, 0.1) is 10.5 Å². The van der Waals surface area contributed by atoms with Gasteiger partial charge in [-0.05, 0) is 25.0 Å². The molecule has 2 rings (SSSR count). The Morgan fingerprint density at radius 3 is 2.60 bits per heavy atom. The molecule has 20 heavy (non-hydrogen) atoms. The second-order valence-corrected chi connectivity index (χ2v) is 5.53. The van der Waals surface area contributed by atoms with Crippen LogP contribution in [0.5, 0.6) is 0 Å². The number of nitro benzene ring substituents is 1. The quantitative estimate of drug-likeness (QED) is 0.662. The number of nitrogens with two attached hydrogens (primary N) is 1. The first-order valence-electron chi connectivity index (χ1n) is 6.47. The number of benzene rings is 1. The summed E-state index contributed by atoms with van der Waals surface area (Å²) >= 11 is 5.73. The second kappa shape index (κ2) is 5.76. The molecule has 0 saturated heterocycles. The number of nitrogens with one attached hydrogen (secondary N) is 1. The van der Waals surface area contributed by atoms with Crippen molar-refractivity contribution in [2.24, 2.45) is 5.73 Å². The maximum absolute atomic E-state index is 12.3. The SMILES string of the molecule is NC1(C(=O)Nc2ccc(Cl)cc2[N+](=O)[O-])CCCCC1. The topological polar surface area (TPSA) is 98.3 Å². The number of hydrogen-bond acceptors (Lipinski definition) is 4. The van der Waals surface area contributed by atoms with Crippen LogP contribution in [0.4, 0.5) is 11.4 Å². The van der Waals surface area contributed by atoms with Crippen LogP contribution in [0.25, 0.3) is 0 Å². The van der Waals surface area contributed by atoms with Crippen molar-refractivity contribution in [1.29, 1.82) is 0 Å². The van der Waals surface area contributed by atoms with Crippen molar-refractivity contribution in [2.75, 3.05) is 5.32 Å². The Bertz CT molecular complexity index is 542. The van der Waals surface area contributed by atoms with Gasteiger partial charge in [0.25, 0.3) is 5.69 Å². The summed E-state index contributed by atoms with van der Waals surface area (Å²) < 4.78 is 0. The van der Waals surface area contributed by atoms with Gasteiger partial charge in [-0.2, -0.15) is 0 Å². The lowest BCUT2D eigenvalue weighted by Gasteiger charge is -2.31. The third kappa shape index (κ3) is 3.08. The number of nitrogens with zero attached hydrogens (tertiary/aromatic N) is 1. The van der Waals surface area contributed by atoms with E-state index in [1.54, 1.807) is 0 Å². The van der Waals surface area contributed by atoms with Crippen molar-refractivity contribution in [3.05, 3.63) is 33.3 Å². The zero-order chi connectivity index (χ0) is 14.8. The Kier molecular flexibility index (Phi) is 4.25. The van der Waals surface area contributed by atoms with Crippen molar-refractivity contribution in [3.8, 4) is 0 Å². The van der Waals surface area contributed by atoms with Crippen LogP contribution in [0.15, 0.2) is 18.2 Å². The molecule has 3 N–H and O–H groups in total. The highest BCUT2D eigenvalue weighted by Gasteiger charge is 2.36. The Balaban J connectivity index is 2.21. The lowest BCUT2D eigenvalue weighted by atomic mass is 9.82. The molecule has 6 nitrogen and oxygen atoms in total. The molecule has 0 bridgehead atoms. The molecule has 0 spiro atoms. The summed E-state index contributed by atoms with van der Waals surface area (Å²) in [6.45, 7) is 0. The van der Waals surface area contributed by atoms with Gasteiger partial charge in [0.15, 0.2) is 0 Å². The summed E-state index contributed by atoms with van der Waals surface area (Å²) in [5.41, 5.74) is 5.05. The van der Waals surface area contributed by atoms with Gasteiger partial charge in [-0.15, -0.1) is 0 Å². The molecule has 108 valence electrons. The molecule has 0 radical (unpaired) electrons. The summed E-state index contributed by atoms with van der Waals surface area (Å²) in [6, 6.07) is 4.13. The average Bonchev–Trinajstić information content (AvgIpc) is 2.41. The summed E-state index contributed by atoms with van der Waals surface area (Å²) in [4.78, 5) is 22.7. The first-order chi connectivity index (χ1) is 9.42. The van der Waals surface area contributed by atoms with Crippen LogP contribution in [0.3, 0.4) is 0 Å². The van der Waals surface area contributed by atoms with Crippen molar-refractivity contribution in [3.63, 3.8) is 0 Å². The van der Waals surface area contributed by atoms with Gasteiger partial charge >= 0.3 is 0 Å². The van der Waals surface area contributed by atoms with E-state index in [-0.39, 0.29) is 22.3 Å². The molecule has 7 heteroatoms.